The fourth-order valence-electron chi connectivity index (χ4n) is 3.87. The van der Waals surface area contributed by atoms with Gasteiger partial charge in [-0.25, -0.2) is 0 Å². The molecule has 6 N–H and O–H groups in total. The van der Waals surface area contributed by atoms with E-state index in [9.17, 15) is 10.2 Å². The number of aryl methyl sites for hydroxylation is 2. The number of hydrogen-bond acceptors (Lipinski definition) is 7. The van der Waals surface area contributed by atoms with Gasteiger partial charge in [0.05, 0.1) is 12.7 Å². The Hall–Kier alpha value is -2.48. The minimum atomic E-state index is -0.731. The van der Waals surface area contributed by atoms with Gasteiger partial charge in [-0.3, -0.25) is 4.90 Å². The average Bonchev–Trinajstić information content (AvgIpc) is 2.83. The van der Waals surface area contributed by atoms with Crippen molar-refractivity contribution in [3.63, 3.8) is 0 Å². The molecule has 7 heteroatoms. The smallest absolute Gasteiger partial charge is 0.0897 e. The first-order valence-corrected chi connectivity index (χ1v) is 10.6. The minimum Gasteiger partial charge on any atom is -0.399 e. The zero-order valence-electron chi connectivity index (χ0n) is 18.1. The summed E-state index contributed by atoms with van der Waals surface area (Å²) < 4.78 is 0. The number of aliphatic hydroxyl groups is 2. The molecule has 164 valence electrons. The lowest BCUT2D eigenvalue weighted by atomic mass is 10.1. The summed E-state index contributed by atoms with van der Waals surface area (Å²) in [5, 5.41) is 19.3. The first-order valence-electron chi connectivity index (χ1n) is 10.6. The third-order valence-electron chi connectivity index (χ3n) is 5.93. The molecule has 2 aromatic rings. The van der Waals surface area contributed by atoms with Crippen molar-refractivity contribution in [2.24, 2.45) is 0 Å². The molecule has 30 heavy (non-hydrogen) atoms. The van der Waals surface area contributed by atoms with Crippen molar-refractivity contribution in [2.75, 3.05) is 73.7 Å². The molecular weight excluding hydrogens is 378 g/mol. The highest BCUT2D eigenvalue weighted by atomic mass is 16.3. The summed E-state index contributed by atoms with van der Waals surface area (Å²) in [5.41, 5.74) is 18.1. The van der Waals surface area contributed by atoms with Gasteiger partial charge in [0.15, 0.2) is 0 Å². The lowest BCUT2D eigenvalue weighted by molar-refractivity contribution is 0.0609. The molecule has 0 spiro atoms. The van der Waals surface area contributed by atoms with Crippen LogP contribution in [0.15, 0.2) is 36.4 Å². The van der Waals surface area contributed by atoms with E-state index in [1.54, 1.807) is 0 Å². The number of anilines is 4. The van der Waals surface area contributed by atoms with Crippen LogP contribution in [0.4, 0.5) is 22.7 Å². The Morgan fingerprint density at radius 3 is 1.63 bits per heavy atom. The number of aliphatic hydroxyl groups excluding tert-OH is 2. The summed E-state index contributed by atoms with van der Waals surface area (Å²) in [7, 11) is 0. The number of β-amino-alcohol motifs (C(OH)–C–C–N with tert-alkyl or cyclic N) is 1. The number of nitrogens with zero attached hydrogens (tertiary/aromatic N) is 3. The van der Waals surface area contributed by atoms with E-state index in [1.165, 1.54) is 0 Å². The van der Waals surface area contributed by atoms with Gasteiger partial charge >= 0.3 is 0 Å². The molecule has 1 aliphatic heterocycles. The number of benzene rings is 2. The summed E-state index contributed by atoms with van der Waals surface area (Å²) in [4.78, 5) is 6.96. The lowest BCUT2D eigenvalue weighted by Crippen LogP contribution is -2.41. The van der Waals surface area contributed by atoms with Crippen LogP contribution >= 0.6 is 0 Å². The SMILES string of the molecule is Cc1cc(N2CCN(CC(O)CO)CCN(c3ccc(N)c(C)c3)CC2)ccc1N. The van der Waals surface area contributed by atoms with Gasteiger partial charge in [0.1, 0.15) is 0 Å². The van der Waals surface area contributed by atoms with Crippen LogP contribution in [0.1, 0.15) is 11.1 Å². The van der Waals surface area contributed by atoms with Crippen LogP contribution in [0, 0.1) is 13.8 Å². The summed E-state index contributed by atoms with van der Waals surface area (Å²) in [6.07, 6.45) is -0.731. The van der Waals surface area contributed by atoms with Gasteiger partial charge in [-0.05, 0) is 61.4 Å². The molecule has 1 fully saturated rings. The third kappa shape index (κ3) is 5.56. The average molecular weight is 414 g/mol. The molecule has 1 aliphatic rings. The van der Waals surface area contributed by atoms with Gasteiger partial charge in [0.2, 0.25) is 0 Å². The summed E-state index contributed by atoms with van der Waals surface area (Å²) >= 11 is 0. The molecule has 1 heterocycles. The Morgan fingerprint density at radius 2 is 1.23 bits per heavy atom. The van der Waals surface area contributed by atoms with Gasteiger partial charge in [0.25, 0.3) is 0 Å². The fraction of sp³-hybridized carbons (Fsp3) is 0.478. The van der Waals surface area contributed by atoms with E-state index in [4.69, 9.17) is 11.5 Å². The predicted molar refractivity (Wildman–Crippen MR) is 125 cm³/mol. The molecule has 0 saturated carbocycles. The highest BCUT2D eigenvalue weighted by Crippen LogP contribution is 2.24. The van der Waals surface area contributed by atoms with Crippen molar-refractivity contribution in [1.82, 2.24) is 4.90 Å². The monoisotopic (exact) mass is 413 g/mol. The molecule has 3 rings (SSSR count). The van der Waals surface area contributed by atoms with Crippen molar-refractivity contribution in [3.8, 4) is 0 Å². The number of hydrogen-bond donors (Lipinski definition) is 4. The zero-order chi connectivity index (χ0) is 21.7. The molecular formula is C23H35N5O2. The van der Waals surface area contributed by atoms with Crippen LogP contribution in [0.3, 0.4) is 0 Å². The van der Waals surface area contributed by atoms with E-state index in [-0.39, 0.29) is 6.61 Å². The van der Waals surface area contributed by atoms with E-state index in [0.29, 0.717) is 6.54 Å². The predicted octanol–water partition coefficient (Wildman–Crippen LogP) is 1.45. The summed E-state index contributed by atoms with van der Waals surface area (Å²) in [5.74, 6) is 0. The Labute approximate surface area is 179 Å². The number of nitrogens with two attached hydrogens (primary N) is 2. The Balaban J connectivity index is 1.84. The highest BCUT2D eigenvalue weighted by Gasteiger charge is 2.19. The van der Waals surface area contributed by atoms with Gasteiger partial charge in [-0.1, -0.05) is 0 Å². The van der Waals surface area contributed by atoms with E-state index in [2.05, 4.69) is 39.0 Å². The standard InChI is InChI=1S/C23H35N5O2/c1-17-13-19(3-5-22(17)24)27-9-7-26(15-21(30)16-29)8-10-28(12-11-27)20-4-6-23(25)18(2)14-20/h3-6,13-14,21,29-30H,7-12,15-16,24-25H2,1-2H3. The Kier molecular flexibility index (Phi) is 7.42. The van der Waals surface area contributed by atoms with E-state index in [1.807, 2.05) is 26.0 Å². The first-order chi connectivity index (χ1) is 14.4. The number of rotatable bonds is 5. The topological polar surface area (TPSA) is 102 Å². The molecule has 7 nitrogen and oxygen atoms in total. The summed E-state index contributed by atoms with van der Waals surface area (Å²) in [6, 6.07) is 12.3. The molecule has 2 aromatic carbocycles. The zero-order valence-corrected chi connectivity index (χ0v) is 18.1. The third-order valence-corrected chi connectivity index (χ3v) is 5.93. The molecule has 0 radical (unpaired) electrons. The van der Waals surface area contributed by atoms with Crippen molar-refractivity contribution in [2.45, 2.75) is 20.0 Å². The second-order valence-corrected chi connectivity index (χ2v) is 8.19. The minimum absolute atomic E-state index is 0.224. The Morgan fingerprint density at radius 1 is 0.800 bits per heavy atom. The highest BCUT2D eigenvalue weighted by molar-refractivity contribution is 5.60. The van der Waals surface area contributed by atoms with Crippen LogP contribution in [-0.4, -0.2) is 73.6 Å². The second-order valence-electron chi connectivity index (χ2n) is 8.19. The quantitative estimate of drug-likeness (QED) is 0.550. The van der Waals surface area contributed by atoms with Gasteiger partial charge in [0, 0.05) is 68.6 Å². The van der Waals surface area contributed by atoms with E-state index < -0.39 is 6.10 Å². The van der Waals surface area contributed by atoms with Gasteiger partial charge in [-0.15, -0.1) is 0 Å². The molecule has 0 amide bonds. The van der Waals surface area contributed by atoms with Crippen molar-refractivity contribution < 1.29 is 10.2 Å². The molecule has 0 aromatic heterocycles. The molecule has 1 unspecified atom stereocenters. The van der Waals surface area contributed by atoms with Crippen LogP contribution in [0.2, 0.25) is 0 Å². The first kappa shape index (κ1) is 22.2. The summed E-state index contributed by atoms with van der Waals surface area (Å²) in [6.45, 7) is 9.37. The maximum atomic E-state index is 10.00. The largest absolute Gasteiger partial charge is 0.399 e. The van der Waals surface area contributed by atoms with Gasteiger partial charge < -0.3 is 31.5 Å². The molecule has 1 atom stereocenters. The fourth-order valence-corrected chi connectivity index (χ4v) is 3.87. The maximum Gasteiger partial charge on any atom is 0.0897 e. The lowest BCUT2D eigenvalue weighted by Gasteiger charge is -2.29. The van der Waals surface area contributed by atoms with Crippen LogP contribution in [0.25, 0.3) is 0 Å². The van der Waals surface area contributed by atoms with Crippen LogP contribution < -0.4 is 21.3 Å². The van der Waals surface area contributed by atoms with E-state index >= 15 is 0 Å². The van der Waals surface area contributed by atoms with Crippen molar-refractivity contribution in [3.05, 3.63) is 47.5 Å². The van der Waals surface area contributed by atoms with Gasteiger partial charge in [-0.2, -0.15) is 0 Å². The van der Waals surface area contributed by atoms with Crippen LogP contribution in [-0.2, 0) is 0 Å². The molecule has 0 aliphatic carbocycles. The normalized spacial score (nSPS) is 17.3. The Bertz CT molecular complexity index is 781. The maximum absolute atomic E-state index is 10.00. The second kappa shape index (κ2) is 10.0. The molecule has 1 saturated heterocycles. The van der Waals surface area contributed by atoms with Crippen molar-refractivity contribution >= 4 is 22.7 Å². The van der Waals surface area contributed by atoms with E-state index in [0.717, 1.165) is 73.1 Å². The number of nitrogen functional groups attached to an aromatic ring is 2. The van der Waals surface area contributed by atoms with Crippen LogP contribution in [0.5, 0.6) is 0 Å². The van der Waals surface area contributed by atoms with Crippen molar-refractivity contribution in [1.29, 1.82) is 0 Å². The molecule has 0 bridgehead atoms.